The van der Waals surface area contributed by atoms with Gasteiger partial charge in [0.15, 0.2) is 5.58 Å². The minimum absolute atomic E-state index is 0.282. The van der Waals surface area contributed by atoms with Gasteiger partial charge in [-0.25, -0.2) is 4.79 Å². The molecular weight excluding hydrogens is 272 g/mol. The standard InChI is InChI=1S/C15H9N2O4/c18-14-13(20-11-4-2-1-3-9(11)16-14)8-5-6-12-10(7-8)17-15(19)21-12/h1-6,13H,(H,16,18)(H,17,19). The average Bonchev–Trinajstić information content (AvgIpc) is 2.85. The first-order valence-electron chi connectivity index (χ1n) is 6.32. The van der Waals surface area contributed by atoms with E-state index in [0.29, 0.717) is 28.1 Å². The van der Waals surface area contributed by atoms with Gasteiger partial charge < -0.3 is 14.5 Å². The van der Waals surface area contributed by atoms with Crippen molar-refractivity contribution >= 4 is 22.7 Å². The Labute approximate surface area is 118 Å². The Kier molecular flexibility index (Phi) is 2.38. The van der Waals surface area contributed by atoms with Crippen LogP contribution in [0.25, 0.3) is 11.1 Å². The van der Waals surface area contributed by atoms with Gasteiger partial charge in [0.05, 0.1) is 11.2 Å². The molecule has 1 aliphatic heterocycles. The predicted molar refractivity (Wildman–Crippen MR) is 74.1 cm³/mol. The number of carbonyl (C=O) groups is 1. The van der Waals surface area contributed by atoms with Gasteiger partial charge in [-0.05, 0) is 18.2 Å². The van der Waals surface area contributed by atoms with Gasteiger partial charge in [-0.15, -0.1) is 0 Å². The van der Waals surface area contributed by atoms with Gasteiger partial charge in [0.25, 0.3) is 5.91 Å². The minimum Gasteiger partial charge on any atom is -0.474 e. The number of ether oxygens (including phenoxy) is 1. The fraction of sp³-hybridized carbons (Fsp3) is 0.0667. The number of hydrogen-bond acceptors (Lipinski definition) is 4. The molecule has 6 nitrogen and oxygen atoms in total. The fourth-order valence-electron chi connectivity index (χ4n) is 2.31. The van der Waals surface area contributed by atoms with Crippen LogP contribution in [0.5, 0.6) is 5.75 Å². The van der Waals surface area contributed by atoms with Crippen molar-refractivity contribution in [2.45, 2.75) is 6.10 Å². The number of nitrogens with one attached hydrogen (secondary N) is 2. The van der Waals surface area contributed by atoms with Crippen molar-refractivity contribution in [2.24, 2.45) is 0 Å². The van der Waals surface area contributed by atoms with E-state index in [1.54, 1.807) is 24.3 Å². The van der Waals surface area contributed by atoms with Crippen LogP contribution in [-0.4, -0.2) is 10.9 Å². The van der Waals surface area contributed by atoms with Gasteiger partial charge in [0, 0.05) is 11.6 Å². The Bertz CT molecular complexity index is 909. The highest BCUT2D eigenvalue weighted by molar-refractivity contribution is 5.98. The van der Waals surface area contributed by atoms with Crippen molar-refractivity contribution in [3.8, 4) is 5.75 Å². The number of aromatic nitrogens is 1. The molecule has 6 heteroatoms. The largest absolute Gasteiger partial charge is 0.474 e. The summed E-state index contributed by atoms with van der Waals surface area (Å²) in [6.45, 7) is 0. The molecule has 0 aliphatic carbocycles. The first-order chi connectivity index (χ1) is 10.2. The van der Waals surface area contributed by atoms with Gasteiger partial charge in [-0.1, -0.05) is 18.2 Å². The smallest absolute Gasteiger partial charge is 0.417 e. The quantitative estimate of drug-likeness (QED) is 0.714. The SMILES string of the molecule is O=C1Nc2ccccc2OC1c1[c]c2[nH]c(=O)oc2cc1. The Balaban J connectivity index is 1.78. The van der Waals surface area contributed by atoms with Crippen LogP contribution in [0.3, 0.4) is 0 Å². The first kappa shape index (κ1) is 11.8. The Morgan fingerprint density at radius 1 is 1.10 bits per heavy atom. The number of H-pyrrole nitrogens is 1. The van der Waals surface area contributed by atoms with Crippen LogP contribution in [-0.2, 0) is 4.79 Å². The van der Waals surface area contributed by atoms with Crippen LogP contribution in [0, 0.1) is 6.07 Å². The highest BCUT2D eigenvalue weighted by Crippen LogP contribution is 2.34. The van der Waals surface area contributed by atoms with Crippen LogP contribution in [0.15, 0.2) is 45.6 Å². The summed E-state index contributed by atoms with van der Waals surface area (Å²) in [5, 5.41) is 2.78. The minimum atomic E-state index is -0.817. The molecule has 1 radical (unpaired) electrons. The molecule has 1 atom stereocenters. The number of rotatable bonds is 1. The summed E-state index contributed by atoms with van der Waals surface area (Å²) in [6, 6.07) is 13.4. The summed E-state index contributed by atoms with van der Waals surface area (Å²) < 4.78 is 10.6. The Hall–Kier alpha value is -3.02. The third kappa shape index (κ3) is 1.88. The molecule has 21 heavy (non-hydrogen) atoms. The second kappa shape index (κ2) is 4.24. The molecule has 0 saturated carbocycles. The zero-order valence-electron chi connectivity index (χ0n) is 10.7. The van der Waals surface area contributed by atoms with E-state index >= 15 is 0 Å². The molecular formula is C15H9N2O4. The topological polar surface area (TPSA) is 84.3 Å². The molecule has 0 fully saturated rings. The maximum atomic E-state index is 12.1. The molecule has 4 rings (SSSR count). The lowest BCUT2D eigenvalue weighted by molar-refractivity contribution is -0.123. The second-order valence-corrected chi connectivity index (χ2v) is 4.65. The molecule has 2 N–H and O–H groups in total. The monoisotopic (exact) mass is 281 g/mol. The van der Waals surface area contributed by atoms with Crippen molar-refractivity contribution in [3.05, 3.63) is 58.6 Å². The maximum absolute atomic E-state index is 12.1. The first-order valence-corrected chi connectivity index (χ1v) is 6.32. The van der Waals surface area contributed by atoms with E-state index in [0.717, 1.165) is 0 Å². The lowest BCUT2D eigenvalue weighted by Gasteiger charge is -2.25. The van der Waals surface area contributed by atoms with Gasteiger partial charge in [0.2, 0.25) is 6.10 Å². The molecule has 1 amide bonds. The maximum Gasteiger partial charge on any atom is 0.417 e. The predicted octanol–water partition coefficient (Wildman–Crippen LogP) is 1.99. The van der Waals surface area contributed by atoms with E-state index in [2.05, 4.69) is 16.4 Å². The zero-order valence-corrected chi connectivity index (χ0v) is 10.7. The molecule has 0 saturated heterocycles. The van der Waals surface area contributed by atoms with Crippen molar-refractivity contribution in [1.82, 2.24) is 4.98 Å². The molecule has 3 aromatic rings. The van der Waals surface area contributed by atoms with Crippen LogP contribution in [0.1, 0.15) is 11.7 Å². The third-order valence-electron chi connectivity index (χ3n) is 3.27. The molecule has 103 valence electrons. The lowest BCUT2D eigenvalue weighted by Crippen LogP contribution is -2.30. The number of fused-ring (bicyclic) bond motifs is 2. The summed E-state index contributed by atoms with van der Waals surface area (Å²) in [4.78, 5) is 25.8. The van der Waals surface area contributed by atoms with Gasteiger partial charge in [-0.2, -0.15) is 0 Å². The number of anilines is 1. The zero-order chi connectivity index (χ0) is 14.4. The van der Waals surface area contributed by atoms with E-state index < -0.39 is 11.9 Å². The molecule has 2 aromatic carbocycles. The Morgan fingerprint density at radius 3 is 2.86 bits per heavy atom. The van der Waals surface area contributed by atoms with Crippen molar-refractivity contribution < 1.29 is 13.9 Å². The highest BCUT2D eigenvalue weighted by Gasteiger charge is 2.29. The summed E-state index contributed by atoms with van der Waals surface area (Å²) in [7, 11) is 0. The molecule has 0 bridgehead atoms. The number of carbonyl (C=O) groups excluding carboxylic acids is 1. The molecule has 1 aliphatic rings. The number of oxazole rings is 1. The normalized spacial score (nSPS) is 17.1. The van der Waals surface area contributed by atoms with Gasteiger partial charge >= 0.3 is 5.76 Å². The summed E-state index contributed by atoms with van der Waals surface area (Å²) in [5.74, 6) is -0.246. The van der Waals surface area contributed by atoms with Gasteiger partial charge in [-0.3, -0.25) is 9.78 Å². The molecule has 1 aromatic heterocycles. The summed E-state index contributed by atoms with van der Waals surface area (Å²) in [6.07, 6.45) is -0.817. The summed E-state index contributed by atoms with van der Waals surface area (Å²) >= 11 is 0. The highest BCUT2D eigenvalue weighted by atomic mass is 16.5. The van der Waals surface area contributed by atoms with Crippen molar-refractivity contribution in [3.63, 3.8) is 0 Å². The average molecular weight is 281 g/mol. The number of para-hydroxylation sites is 2. The fourth-order valence-corrected chi connectivity index (χ4v) is 2.31. The van der Waals surface area contributed by atoms with E-state index in [-0.39, 0.29) is 5.91 Å². The molecule has 2 heterocycles. The van der Waals surface area contributed by atoms with Crippen LogP contribution in [0.4, 0.5) is 5.69 Å². The Morgan fingerprint density at radius 2 is 1.95 bits per heavy atom. The number of amides is 1. The van der Waals surface area contributed by atoms with Gasteiger partial charge in [0.1, 0.15) is 5.75 Å². The van der Waals surface area contributed by atoms with E-state index in [1.165, 1.54) is 0 Å². The summed E-state index contributed by atoms with van der Waals surface area (Å²) in [5.41, 5.74) is 1.95. The van der Waals surface area contributed by atoms with Crippen LogP contribution in [0.2, 0.25) is 0 Å². The van der Waals surface area contributed by atoms with Crippen LogP contribution >= 0.6 is 0 Å². The molecule has 0 spiro atoms. The second-order valence-electron chi connectivity index (χ2n) is 4.65. The number of benzene rings is 2. The van der Waals surface area contributed by atoms with Crippen molar-refractivity contribution in [1.29, 1.82) is 0 Å². The lowest BCUT2D eigenvalue weighted by atomic mass is 10.1. The van der Waals surface area contributed by atoms with E-state index in [4.69, 9.17) is 9.15 Å². The number of hydrogen-bond donors (Lipinski definition) is 2. The van der Waals surface area contributed by atoms with Crippen LogP contribution < -0.4 is 15.8 Å². The van der Waals surface area contributed by atoms with E-state index in [9.17, 15) is 9.59 Å². The van der Waals surface area contributed by atoms with E-state index in [1.807, 2.05) is 12.1 Å². The number of aromatic amines is 1. The third-order valence-corrected chi connectivity index (χ3v) is 3.27. The van der Waals surface area contributed by atoms with Crippen molar-refractivity contribution in [2.75, 3.05) is 5.32 Å². The molecule has 1 unspecified atom stereocenters.